The van der Waals surface area contributed by atoms with E-state index in [1.807, 2.05) is 77.4 Å². The molecule has 14 radical (unpaired) electrons. The third-order valence-electron chi connectivity index (χ3n) is 7.65. The lowest BCUT2D eigenvalue weighted by atomic mass is 9.59. The van der Waals surface area contributed by atoms with Crippen molar-refractivity contribution in [2.24, 2.45) is 0 Å². The van der Waals surface area contributed by atoms with E-state index in [4.69, 9.17) is 54.9 Å². The van der Waals surface area contributed by atoms with Crippen LogP contribution in [0.15, 0.2) is 78.9 Å². The van der Waals surface area contributed by atoms with Crippen LogP contribution >= 0.6 is 0 Å². The van der Waals surface area contributed by atoms with Crippen LogP contribution in [-0.2, 0) is 0 Å². The number of fused-ring (bicyclic) bond motifs is 3. The lowest BCUT2D eigenvalue weighted by molar-refractivity contribution is 0.426. The highest BCUT2D eigenvalue weighted by molar-refractivity contribution is 6.76. The Morgan fingerprint density at radius 1 is 0.488 bits per heavy atom. The van der Waals surface area contributed by atoms with Crippen LogP contribution in [0.1, 0.15) is 0 Å². The summed E-state index contributed by atoms with van der Waals surface area (Å²) < 4.78 is 1.82. The molecular weight excluding hydrogens is 493 g/mol. The summed E-state index contributed by atoms with van der Waals surface area (Å²) in [5.41, 5.74) is 5.61. The second kappa shape index (κ2) is 10.3. The van der Waals surface area contributed by atoms with E-state index in [0.29, 0.717) is 27.5 Å². The highest BCUT2D eigenvalue weighted by Gasteiger charge is 2.27. The van der Waals surface area contributed by atoms with Crippen molar-refractivity contribution >= 4 is 128 Å². The van der Waals surface area contributed by atoms with E-state index < -0.39 is 7.12 Å². The molecule has 0 fully saturated rings. The van der Waals surface area contributed by atoms with E-state index in [9.17, 15) is 10.0 Å². The molecule has 0 amide bonds. The molecule has 0 aliphatic carbocycles. The molecule has 0 atom stereocenters. The topological polar surface area (TPSA) is 45.4 Å². The minimum Gasteiger partial charge on any atom is -0.423 e. The minimum absolute atomic E-state index is 0.0112. The monoisotopic (exact) mass is 509 g/mol. The lowest BCUT2D eigenvalue weighted by Gasteiger charge is -2.21. The Bertz CT molecular complexity index is 1990. The third kappa shape index (κ3) is 4.17. The minimum atomic E-state index is -1.99. The first kappa shape index (κ1) is 27.5. The summed E-state index contributed by atoms with van der Waals surface area (Å²) in [5, 5.41) is 21.0. The van der Waals surface area contributed by atoms with Crippen molar-refractivity contribution in [3.8, 4) is 27.9 Å². The van der Waals surface area contributed by atoms with Gasteiger partial charge in [-0.15, -0.1) is 16.4 Å². The standard InChI is InChI=1S/C30H15B8NO2/c31-21-19-20-22(32)28(38(40)41)25(35)27(37)30(20)39(29(19)26(36)24(34)23(21)33)18-12-11-16(14-7-3-1-4-8-14)13-17(18)15-9-5-2-6-10-15/h1-13,40-41H. The smallest absolute Gasteiger partial charge is 0.423 e. The molecule has 2 N–H and O–H groups in total. The van der Waals surface area contributed by atoms with Crippen molar-refractivity contribution in [1.82, 2.24) is 4.57 Å². The SMILES string of the molecule is [B]c1c([B])c([B])c2c(c1[B])c1c([B])c(B(O)O)c([B])c([B])c1n2-c1ccc(-c2ccccc2)cc1-c1ccccc1. The maximum atomic E-state index is 10.2. The highest BCUT2D eigenvalue weighted by Crippen LogP contribution is 2.36. The highest BCUT2D eigenvalue weighted by atomic mass is 16.4. The first-order valence-electron chi connectivity index (χ1n) is 12.8. The van der Waals surface area contributed by atoms with Gasteiger partial charge in [-0.2, -0.15) is 0 Å². The molecule has 3 nitrogen and oxygen atoms in total. The summed E-state index contributed by atoms with van der Waals surface area (Å²) in [6.45, 7) is 0. The van der Waals surface area contributed by atoms with Gasteiger partial charge >= 0.3 is 7.12 Å². The summed E-state index contributed by atoms with van der Waals surface area (Å²) in [4.78, 5) is 0. The molecule has 0 aliphatic heterocycles. The van der Waals surface area contributed by atoms with Crippen LogP contribution in [0, 0.1) is 0 Å². The Labute approximate surface area is 248 Å². The molecule has 1 heterocycles. The molecule has 1 aromatic heterocycles. The van der Waals surface area contributed by atoms with Gasteiger partial charge in [0.1, 0.15) is 54.9 Å². The molecule has 176 valence electrons. The summed E-state index contributed by atoms with van der Waals surface area (Å²) in [6.07, 6.45) is 0. The van der Waals surface area contributed by atoms with Gasteiger partial charge in [-0.1, -0.05) is 88.6 Å². The van der Waals surface area contributed by atoms with Crippen LogP contribution in [0.2, 0.25) is 0 Å². The zero-order valence-electron chi connectivity index (χ0n) is 22.0. The fourth-order valence-corrected chi connectivity index (χ4v) is 5.62. The molecule has 6 rings (SSSR count). The first-order valence-corrected chi connectivity index (χ1v) is 12.8. The number of benzene rings is 5. The molecule has 11 heteroatoms. The molecule has 5 aromatic carbocycles. The van der Waals surface area contributed by atoms with Crippen LogP contribution in [-0.4, -0.2) is 76.7 Å². The molecule has 0 unspecified atom stereocenters. The summed E-state index contributed by atoms with van der Waals surface area (Å²) in [7, 11) is 43.4. The third-order valence-corrected chi connectivity index (χ3v) is 7.65. The maximum Gasteiger partial charge on any atom is 0.487 e. The Hall–Kier alpha value is -3.66. The van der Waals surface area contributed by atoms with Gasteiger partial charge in [0.25, 0.3) is 0 Å². The molecule has 0 saturated heterocycles. The van der Waals surface area contributed by atoms with Crippen LogP contribution in [0.5, 0.6) is 0 Å². The average Bonchev–Trinajstić information content (AvgIpc) is 3.35. The van der Waals surface area contributed by atoms with E-state index in [0.717, 1.165) is 22.3 Å². The molecule has 0 aliphatic rings. The second-order valence-corrected chi connectivity index (χ2v) is 9.93. The Morgan fingerprint density at radius 3 is 1.59 bits per heavy atom. The Morgan fingerprint density at radius 2 is 1.00 bits per heavy atom. The number of aromatic nitrogens is 1. The quantitative estimate of drug-likeness (QED) is 0.256. The van der Waals surface area contributed by atoms with Crippen molar-refractivity contribution in [1.29, 1.82) is 0 Å². The number of rotatable bonds is 4. The van der Waals surface area contributed by atoms with Crippen molar-refractivity contribution < 1.29 is 10.0 Å². The zero-order chi connectivity index (χ0) is 29.2. The van der Waals surface area contributed by atoms with Gasteiger partial charge in [-0.25, -0.2) is 0 Å². The Kier molecular flexibility index (Phi) is 6.92. The maximum absolute atomic E-state index is 10.2. The van der Waals surface area contributed by atoms with Gasteiger partial charge in [0.2, 0.25) is 0 Å². The van der Waals surface area contributed by atoms with Gasteiger partial charge in [-0.3, -0.25) is 0 Å². The Balaban J connectivity index is 1.86. The predicted octanol–water partition coefficient (Wildman–Crippen LogP) is -2.65. The molecule has 0 saturated carbocycles. The van der Waals surface area contributed by atoms with Crippen LogP contribution in [0.3, 0.4) is 0 Å². The van der Waals surface area contributed by atoms with E-state index in [1.165, 1.54) is 0 Å². The van der Waals surface area contributed by atoms with Gasteiger partial charge in [0.05, 0.1) is 5.69 Å². The predicted molar refractivity (Wildman–Crippen MR) is 179 cm³/mol. The zero-order valence-corrected chi connectivity index (χ0v) is 22.0. The number of hydrogen-bond acceptors (Lipinski definition) is 2. The molecule has 0 bridgehead atoms. The second-order valence-electron chi connectivity index (χ2n) is 9.93. The summed E-state index contributed by atoms with van der Waals surface area (Å²) in [6, 6.07) is 25.8. The summed E-state index contributed by atoms with van der Waals surface area (Å²) in [5.74, 6) is 0. The fraction of sp³-hybridized carbons (Fsp3) is 0. The fourth-order valence-electron chi connectivity index (χ4n) is 5.62. The largest absolute Gasteiger partial charge is 0.487 e. The van der Waals surface area contributed by atoms with Gasteiger partial charge in [0, 0.05) is 16.6 Å². The molecule has 6 aromatic rings. The van der Waals surface area contributed by atoms with E-state index >= 15 is 0 Å². The van der Waals surface area contributed by atoms with Crippen molar-refractivity contribution in [2.75, 3.05) is 0 Å². The number of nitrogens with zero attached hydrogens (tertiary/aromatic N) is 1. The van der Waals surface area contributed by atoms with Crippen molar-refractivity contribution in [3.05, 3.63) is 78.9 Å². The molecule has 41 heavy (non-hydrogen) atoms. The van der Waals surface area contributed by atoms with E-state index in [2.05, 4.69) is 6.07 Å². The van der Waals surface area contributed by atoms with E-state index in [1.54, 1.807) is 0 Å². The lowest BCUT2D eigenvalue weighted by Crippen LogP contribution is -2.56. The summed E-state index contributed by atoms with van der Waals surface area (Å²) >= 11 is 0. The van der Waals surface area contributed by atoms with Crippen molar-refractivity contribution in [2.45, 2.75) is 0 Å². The van der Waals surface area contributed by atoms with E-state index in [-0.39, 0.29) is 43.7 Å². The van der Waals surface area contributed by atoms with Crippen LogP contribution in [0.4, 0.5) is 0 Å². The van der Waals surface area contributed by atoms with Gasteiger partial charge < -0.3 is 14.6 Å². The van der Waals surface area contributed by atoms with Gasteiger partial charge in [-0.05, 0) is 45.1 Å². The van der Waals surface area contributed by atoms with Crippen molar-refractivity contribution in [3.63, 3.8) is 0 Å². The molecule has 0 spiro atoms. The number of hydrogen-bond donors (Lipinski definition) is 2. The average molecular weight is 508 g/mol. The van der Waals surface area contributed by atoms with Crippen LogP contribution in [0.25, 0.3) is 49.7 Å². The van der Waals surface area contributed by atoms with Gasteiger partial charge in [0.15, 0.2) is 0 Å². The first-order chi connectivity index (χ1) is 19.6. The molecular formula is C30H15B8NO2. The van der Waals surface area contributed by atoms with Crippen LogP contribution < -0.4 is 43.7 Å². The normalized spacial score (nSPS) is 11.4.